The van der Waals surface area contributed by atoms with Crippen LogP contribution in [0.2, 0.25) is 0 Å². The van der Waals surface area contributed by atoms with E-state index in [4.69, 9.17) is 17.4 Å². The first-order valence-electron chi connectivity index (χ1n) is 7.28. The Labute approximate surface area is 142 Å². The van der Waals surface area contributed by atoms with E-state index in [-0.39, 0.29) is 16.7 Å². The Morgan fingerprint density at radius 3 is 2.62 bits per heavy atom. The summed E-state index contributed by atoms with van der Waals surface area (Å²) in [6.45, 7) is 0. The van der Waals surface area contributed by atoms with E-state index in [0.29, 0.717) is 27.5 Å². The molecule has 2 aromatic carbocycles. The highest BCUT2D eigenvalue weighted by molar-refractivity contribution is 7.80. The van der Waals surface area contributed by atoms with E-state index in [9.17, 15) is 10.0 Å². The van der Waals surface area contributed by atoms with E-state index in [1.807, 2.05) is 18.2 Å². The van der Waals surface area contributed by atoms with Crippen LogP contribution in [0.4, 0.5) is 5.69 Å². The average Bonchev–Trinajstić information content (AvgIpc) is 2.87. The van der Waals surface area contributed by atoms with Crippen LogP contribution < -0.4 is 15.9 Å². The predicted octanol–water partition coefficient (Wildman–Crippen LogP) is 2.51. The number of hydrogen-bond acceptors (Lipinski definition) is 5. The van der Waals surface area contributed by atoms with Crippen LogP contribution in [0.5, 0.6) is 0 Å². The largest absolute Gasteiger partial charge is 0.733 e. The highest BCUT2D eigenvalue weighted by atomic mass is 32.1. The van der Waals surface area contributed by atoms with Gasteiger partial charge in [-0.2, -0.15) is 0 Å². The molecule has 4 rings (SSSR count). The van der Waals surface area contributed by atoms with Crippen molar-refractivity contribution in [2.24, 2.45) is 0 Å². The molecule has 0 spiro atoms. The molecule has 120 valence electrons. The average molecular weight is 338 g/mol. The molecule has 1 atom stereocenters. The zero-order chi connectivity index (χ0) is 16.8. The van der Waals surface area contributed by atoms with Crippen LogP contribution in [0.1, 0.15) is 27.5 Å². The molecule has 2 aromatic rings. The molecule has 0 unspecified atom stereocenters. The van der Waals surface area contributed by atoms with E-state index in [2.05, 4.69) is 10.6 Å². The molecule has 0 saturated heterocycles. The number of nitrogens with zero attached hydrogens (tertiary/aromatic N) is 1. The van der Waals surface area contributed by atoms with Crippen molar-refractivity contribution in [3.05, 3.63) is 76.0 Å². The smallest absolute Gasteiger partial charge is 0.194 e. The molecule has 0 amide bonds. The van der Waals surface area contributed by atoms with Gasteiger partial charge in [0.15, 0.2) is 10.9 Å². The lowest BCUT2D eigenvalue weighted by Crippen LogP contribution is -2.43. The maximum absolute atomic E-state index is 12.8. The van der Waals surface area contributed by atoms with Gasteiger partial charge in [-0.05, 0) is 29.9 Å². The summed E-state index contributed by atoms with van der Waals surface area (Å²) >= 11 is 5.27. The van der Waals surface area contributed by atoms with Crippen LogP contribution in [-0.4, -0.2) is 16.1 Å². The first-order valence-corrected chi connectivity index (χ1v) is 7.69. The predicted molar refractivity (Wildman–Crippen MR) is 93.4 cm³/mol. The molecule has 24 heavy (non-hydrogen) atoms. The minimum atomic E-state index is -0.492. The summed E-state index contributed by atoms with van der Waals surface area (Å²) in [4.78, 5) is 12.8. The van der Waals surface area contributed by atoms with Gasteiger partial charge in [0.25, 0.3) is 0 Å². The minimum absolute atomic E-state index is 0.0820. The first-order chi connectivity index (χ1) is 11.6. The Morgan fingerprint density at radius 1 is 1.12 bits per heavy atom. The number of benzene rings is 2. The quantitative estimate of drug-likeness (QED) is 0.573. The fourth-order valence-corrected chi connectivity index (χ4v) is 3.36. The van der Waals surface area contributed by atoms with E-state index >= 15 is 0 Å². The van der Waals surface area contributed by atoms with Crippen molar-refractivity contribution in [3.63, 3.8) is 0 Å². The molecule has 0 radical (unpaired) electrons. The van der Waals surface area contributed by atoms with Gasteiger partial charge in [0.05, 0.1) is 23.0 Å². The van der Waals surface area contributed by atoms with Crippen molar-refractivity contribution < 1.29 is 10.0 Å². The lowest BCUT2D eigenvalue weighted by Gasteiger charge is -2.29. The van der Waals surface area contributed by atoms with E-state index < -0.39 is 6.04 Å². The van der Waals surface area contributed by atoms with Crippen molar-refractivity contribution in [1.29, 1.82) is 0 Å². The Balaban J connectivity index is 1.86. The number of anilines is 1. The van der Waals surface area contributed by atoms with Gasteiger partial charge in [-0.15, -0.1) is 0 Å². The van der Waals surface area contributed by atoms with E-state index in [1.165, 1.54) is 12.1 Å². The number of carbonyl (C=O) groups excluding carboxylic acids is 1. The molecule has 0 bridgehead atoms. The van der Waals surface area contributed by atoms with Crippen molar-refractivity contribution in [2.75, 3.05) is 5.23 Å². The molecule has 0 fully saturated rings. The lowest BCUT2D eigenvalue weighted by atomic mass is 9.94. The van der Waals surface area contributed by atoms with Gasteiger partial charge in [0, 0.05) is 11.1 Å². The fraction of sp³-hybridized carbons (Fsp3) is 0.0588. The zero-order valence-electron chi connectivity index (χ0n) is 12.3. The van der Waals surface area contributed by atoms with Gasteiger partial charge in [0.1, 0.15) is 0 Å². The zero-order valence-corrected chi connectivity index (χ0v) is 13.1. The molecule has 0 aromatic heterocycles. The third-order valence-corrected chi connectivity index (χ3v) is 4.40. The number of carbonyl (C=O) groups is 1. The Bertz CT molecular complexity index is 907. The summed E-state index contributed by atoms with van der Waals surface area (Å²) in [7, 11) is 0. The molecule has 3 N–H and O–H groups in total. The molecule has 7 heteroatoms. The van der Waals surface area contributed by atoms with Crippen molar-refractivity contribution in [1.82, 2.24) is 10.6 Å². The molecule has 1 aliphatic carbocycles. The normalized spacial score (nSPS) is 18.7. The highest BCUT2D eigenvalue weighted by Crippen LogP contribution is 2.40. The van der Waals surface area contributed by atoms with E-state index in [0.717, 1.165) is 5.56 Å². The second kappa shape index (κ2) is 5.41. The molecule has 6 nitrogen and oxygen atoms in total. The number of hydrogen-bond donors (Lipinski definition) is 3. The lowest BCUT2D eigenvalue weighted by molar-refractivity contribution is 0.103. The molecule has 0 saturated carbocycles. The summed E-state index contributed by atoms with van der Waals surface area (Å²) < 4.78 is 0. The Kier molecular flexibility index (Phi) is 3.34. The maximum atomic E-state index is 12.8. The maximum Gasteiger partial charge on any atom is 0.194 e. The number of ketones is 1. The second-order valence-electron chi connectivity index (χ2n) is 5.56. The summed E-state index contributed by atoms with van der Waals surface area (Å²) in [5.41, 5.74) is 3.43. The molecular weight excluding hydrogens is 326 g/mol. The van der Waals surface area contributed by atoms with Gasteiger partial charge < -0.3 is 21.1 Å². The Morgan fingerprint density at radius 2 is 1.88 bits per heavy atom. The molecular formula is C17H12N3O3S-. The number of fused-ring (bicyclic) bond motifs is 2. The number of nitrogens with one attached hydrogen (secondary N) is 2. The van der Waals surface area contributed by atoms with Gasteiger partial charge >= 0.3 is 0 Å². The van der Waals surface area contributed by atoms with Crippen molar-refractivity contribution in [3.8, 4) is 0 Å². The van der Waals surface area contributed by atoms with Gasteiger partial charge in [-0.25, -0.2) is 0 Å². The van der Waals surface area contributed by atoms with Crippen LogP contribution in [0.25, 0.3) is 5.70 Å². The van der Waals surface area contributed by atoms with E-state index in [1.54, 1.807) is 18.2 Å². The van der Waals surface area contributed by atoms with Crippen molar-refractivity contribution in [2.45, 2.75) is 6.04 Å². The van der Waals surface area contributed by atoms with Gasteiger partial charge in [-0.3, -0.25) is 10.0 Å². The Hall–Kier alpha value is -2.74. The molecule has 1 heterocycles. The SMILES string of the molecule is O=C1C2=C(NC(=S)N[C@H]2c2cccc(N([O-])O)c2)c2ccccc21. The third-order valence-electron chi connectivity index (χ3n) is 4.18. The first kappa shape index (κ1) is 14.8. The van der Waals surface area contributed by atoms with Crippen LogP contribution in [0.3, 0.4) is 0 Å². The minimum Gasteiger partial charge on any atom is -0.733 e. The second-order valence-corrected chi connectivity index (χ2v) is 5.97. The van der Waals surface area contributed by atoms with Crippen LogP contribution >= 0.6 is 12.2 Å². The molecule has 1 aliphatic heterocycles. The summed E-state index contributed by atoms with van der Waals surface area (Å²) in [5.74, 6) is -0.0820. The summed E-state index contributed by atoms with van der Waals surface area (Å²) in [5, 5.41) is 26.6. The van der Waals surface area contributed by atoms with Crippen molar-refractivity contribution >= 4 is 34.5 Å². The number of Topliss-reactive ketones (excluding diaryl/α,β-unsaturated/α-hetero) is 1. The third kappa shape index (κ3) is 2.18. The van der Waals surface area contributed by atoms with Crippen LogP contribution in [0, 0.1) is 5.21 Å². The monoisotopic (exact) mass is 338 g/mol. The highest BCUT2D eigenvalue weighted by Gasteiger charge is 2.38. The van der Waals surface area contributed by atoms with Crippen LogP contribution in [0.15, 0.2) is 54.1 Å². The summed E-state index contributed by atoms with van der Waals surface area (Å²) in [6, 6.07) is 13.3. The van der Waals surface area contributed by atoms with Gasteiger partial charge in [0.2, 0.25) is 0 Å². The fourth-order valence-electron chi connectivity index (χ4n) is 3.14. The van der Waals surface area contributed by atoms with Crippen LogP contribution in [-0.2, 0) is 0 Å². The van der Waals surface area contributed by atoms with Gasteiger partial charge in [-0.1, -0.05) is 36.4 Å². The number of rotatable bonds is 2. The molecule has 2 aliphatic rings. The summed E-state index contributed by atoms with van der Waals surface area (Å²) in [6.07, 6.45) is 0. The standard InChI is InChI=1S/C17H12N3O3S/c21-16-12-7-2-1-6-11(12)15-13(16)14(18-17(24)19-15)9-4-3-5-10(8-9)20(22)23/h1-8,14,22H,(H2,18,19,24)/q-1/t14-/m0/s1. The topological polar surface area (TPSA) is 87.7 Å². The number of thiocarbonyl (C=S) groups is 1.